The van der Waals surface area contributed by atoms with E-state index in [1.165, 1.54) is 6.07 Å². The van der Waals surface area contributed by atoms with Crippen LogP contribution in [0.5, 0.6) is 5.75 Å². The summed E-state index contributed by atoms with van der Waals surface area (Å²) in [5, 5.41) is 0. The molecule has 2 aromatic rings. The summed E-state index contributed by atoms with van der Waals surface area (Å²) in [6.07, 6.45) is 0.880. The van der Waals surface area contributed by atoms with E-state index in [9.17, 15) is 22.0 Å². The van der Waals surface area contributed by atoms with Gasteiger partial charge in [0.05, 0.1) is 5.56 Å². The average molecular weight is 342 g/mol. The fraction of sp³-hybridized carbons (Fsp3) is 0.222. The second-order valence-corrected chi connectivity index (χ2v) is 5.12. The third kappa shape index (κ3) is 4.34. The highest BCUT2D eigenvalue weighted by Gasteiger charge is 2.37. The maximum absolute atomic E-state index is 14.1. The Bertz CT molecular complexity index is 740. The van der Waals surface area contributed by atoms with Crippen LogP contribution >= 0.6 is 0 Å². The zero-order valence-corrected chi connectivity index (χ0v) is 12.8. The lowest BCUT2D eigenvalue weighted by Crippen LogP contribution is -2.23. The van der Waals surface area contributed by atoms with Gasteiger partial charge in [0.25, 0.3) is 0 Å². The van der Waals surface area contributed by atoms with Gasteiger partial charge in [-0.1, -0.05) is 18.2 Å². The first-order chi connectivity index (χ1) is 11.3. The van der Waals surface area contributed by atoms with Gasteiger partial charge >= 0.3 is 6.11 Å². The molecule has 0 aliphatic heterocycles. The van der Waals surface area contributed by atoms with E-state index in [0.29, 0.717) is 30.5 Å². The van der Waals surface area contributed by atoms with Crippen molar-refractivity contribution in [2.75, 3.05) is 0 Å². The van der Waals surface area contributed by atoms with Gasteiger partial charge in [-0.05, 0) is 49.6 Å². The van der Waals surface area contributed by atoms with E-state index in [2.05, 4.69) is 4.74 Å². The van der Waals surface area contributed by atoms with Crippen LogP contribution in [0.4, 0.5) is 22.0 Å². The summed E-state index contributed by atoms with van der Waals surface area (Å²) in [7, 11) is 0. The number of ether oxygens (including phenoxy) is 1. The largest absolute Gasteiger partial charge is 0.429 e. The highest BCUT2D eigenvalue weighted by atomic mass is 19.3. The van der Waals surface area contributed by atoms with Gasteiger partial charge in [0.15, 0.2) is 11.6 Å². The number of rotatable bonds is 6. The minimum absolute atomic E-state index is 0.479. The van der Waals surface area contributed by atoms with Crippen molar-refractivity contribution in [1.29, 1.82) is 0 Å². The van der Waals surface area contributed by atoms with Crippen molar-refractivity contribution >= 4 is 0 Å². The molecule has 0 amide bonds. The van der Waals surface area contributed by atoms with E-state index in [-0.39, 0.29) is 0 Å². The molecule has 128 valence electrons. The van der Waals surface area contributed by atoms with Crippen LogP contribution in [0.3, 0.4) is 0 Å². The fourth-order valence-electron chi connectivity index (χ4n) is 2.11. The topological polar surface area (TPSA) is 9.23 Å². The molecule has 0 aromatic heterocycles. The molecule has 0 saturated carbocycles. The molecule has 1 nitrogen and oxygen atoms in total. The maximum atomic E-state index is 14.1. The zero-order valence-electron chi connectivity index (χ0n) is 12.8. The predicted molar refractivity (Wildman–Crippen MR) is 80.4 cm³/mol. The third-order valence-electron chi connectivity index (χ3n) is 3.32. The molecule has 0 bridgehead atoms. The molecule has 24 heavy (non-hydrogen) atoms. The number of aryl methyl sites for hydroxylation is 1. The van der Waals surface area contributed by atoms with Gasteiger partial charge in [0.1, 0.15) is 11.6 Å². The van der Waals surface area contributed by atoms with E-state index < -0.39 is 34.9 Å². The number of alkyl halides is 2. The summed E-state index contributed by atoms with van der Waals surface area (Å²) < 4.78 is 72.4. The molecule has 0 saturated heterocycles. The van der Waals surface area contributed by atoms with Crippen molar-refractivity contribution in [3.05, 3.63) is 77.1 Å². The van der Waals surface area contributed by atoms with E-state index in [1.54, 1.807) is 0 Å². The quantitative estimate of drug-likeness (QED) is 0.480. The normalized spacial score (nSPS) is 11.9. The molecule has 0 N–H and O–H groups in total. The second-order valence-electron chi connectivity index (χ2n) is 5.12. The molecule has 2 aromatic carbocycles. The van der Waals surface area contributed by atoms with Gasteiger partial charge in [0.2, 0.25) is 0 Å². The number of halogens is 5. The fourth-order valence-corrected chi connectivity index (χ4v) is 2.11. The van der Waals surface area contributed by atoms with Gasteiger partial charge in [-0.2, -0.15) is 8.78 Å². The van der Waals surface area contributed by atoms with E-state index in [1.807, 2.05) is 19.1 Å². The Balaban J connectivity index is 2.20. The van der Waals surface area contributed by atoms with Crippen LogP contribution in [-0.2, 0) is 12.5 Å². The number of benzene rings is 2. The molecular formula is C18H15F5O. The number of hydrogen-bond donors (Lipinski definition) is 0. The lowest BCUT2D eigenvalue weighted by atomic mass is 10.1. The summed E-state index contributed by atoms with van der Waals surface area (Å²) >= 11 is 0. The lowest BCUT2D eigenvalue weighted by molar-refractivity contribution is -0.187. The Labute approximate surface area is 136 Å². The molecule has 0 fully saturated rings. The monoisotopic (exact) mass is 342 g/mol. The Morgan fingerprint density at radius 1 is 0.958 bits per heavy atom. The highest BCUT2D eigenvalue weighted by Crippen LogP contribution is 2.34. The minimum Gasteiger partial charge on any atom is -0.429 e. The van der Waals surface area contributed by atoms with Gasteiger partial charge in [-0.25, -0.2) is 13.2 Å². The van der Waals surface area contributed by atoms with Crippen LogP contribution in [0.2, 0.25) is 0 Å². The molecule has 6 heteroatoms. The molecule has 2 rings (SSSR count). The molecule has 0 atom stereocenters. The molecule has 0 radical (unpaired) electrons. The SMILES string of the molecule is C/C=C/CCc1ccc(C(F)(F)Oc2ccc(F)c(F)c2)c(F)c1. The Kier molecular flexibility index (Phi) is 5.59. The minimum atomic E-state index is -4.02. The van der Waals surface area contributed by atoms with Crippen molar-refractivity contribution in [2.24, 2.45) is 0 Å². The predicted octanol–water partition coefficient (Wildman–Crippen LogP) is 5.74. The highest BCUT2D eigenvalue weighted by molar-refractivity contribution is 5.29. The van der Waals surface area contributed by atoms with Gasteiger partial charge in [-0.3, -0.25) is 0 Å². The van der Waals surface area contributed by atoms with Crippen molar-refractivity contribution in [3.8, 4) is 5.75 Å². The van der Waals surface area contributed by atoms with E-state index in [4.69, 9.17) is 0 Å². The maximum Gasteiger partial charge on any atom is 0.429 e. The zero-order chi connectivity index (χ0) is 17.7. The van der Waals surface area contributed by atoms with Crippen molar-refractivity contribution in [2.45, 2.75) is 25.9 Å². The van der Waals surface area contributed by atoms with Crippen LogP contribution in [0.15, 0.2) is 48.6 Å². The van der Waals surface area contributed by atoms with E-state index >= 15 is 0 Å². The summed E-state index contributed by atoms with van der Waals surface area (Å²) in [6.45, 7) is 1.85. The smallest absolute Gasteiger partial charge is 0.429 e. The Morgan fingerprint density at radius 3 is 2.33 bits per heavy atom. The summed E-state index contributed by atoms with van der Waals surface area (Å²) in [4.78, 5) is 0. The van der Waals surface area contributed by atoms with Gasteiger partial charge < -0.3 is 4.74 Å². The first kappa shape index (κ1) is 18.0. The average Bonchev–Trinajstić information content (AvgIpc) is 2.51. The van der Waals surface area contributed by atoms with Crippen LogP contribution < -0.4 is 4.74 Å². The Hall–Kier alpha value is -2.37. The van der Waals surface area contributed by atoms with E-state index in [0.717, 1.165) is 18.2 Å². The first-order valence-corrected chi connectivity index (χ1v) is 7.25. The van der Waals surface area contributed by atoms with Gasteiger partial charge in [0, 0.05) is 6.07 Å². The molecule has 0 unspecified atom stereocenters. The first-order valence-electron chi connectivity index (χ1n) is 7.25. The summed E-state index contributed by atoms with van der Waals surface area (Å²) in [6, 6.07) is 5.30. The molecule has 0 heterocycles. The number of hydrogen-bond acceptors (Lipinski definition) is 1. The molecule has 0 aliphatic carbocycles. The standard InChI is InChI=1S/C18H15F5O/c1-2-3-4-5-12-6-8-14(16(20)10-12)18(22,23)24-13-7-9-15(19)17(21)11-13/h2-3,6-11H,4-5H2,1H3/b3-2+. The van der Waals surface area contributed by atoms with Crippen molar-refractivity contribution in [1.82, 2.24) is 0 Å². The Morgan fingerprint density at radius 2 is 1.71 bits per heavy atom. The van der Waals surface area contributed by atoms with Crippen LogP contribution in [0, 0.1) is 17.5 Å². The molecule has 0 aliphatic rings. The van der Waals surface area contributed by atoms with Gasteiger partial charge in [-0.15, -0.1) is 0 Å². The molecule has 0 spiro atoms. The van der Waals surface area contributed by atoms with Crippen LogP contribution in [0.25, 0.3) is 0 Å². The van der Waals surface area contributed by atoms with Crippen LogP contribution in [-0.4, -0.2) is 0 Å². The number of allylic oxidation sites excluding steroid dienone is 2. The lowest BCUT2D eigenvalue weighted by Gasteiger charge is -2.19. The second kappa shape index (κ2) is 7.47. The third-order valence-corrected chi connectivity index (χ3v) is 3.32. The summed E-state index contributed by atoms with van der Waals surface area (Å²) in [5.74, 6) is -4.25. The van der Waals surface area contributed by atoms with Crippen molar-refractivity contribution < 1.29 is 26.7 Å². The van der Waals surface area contributed by atoms with Crippen molar-refractivity contribution in [3.63, 3.8) is 0 Å². The van der Waals surface area contributed by atoms with Crippen LogP contribution in [0.1, 0.15) is 24.5 Å². The molecular weight excluding hydrogens is 327 g/mol. The summed E-state index contributed by atoms with van der Waals surface area (Å²) in [5.41, 5.74) is -0.403.